The zero-order valence-electron chi connectivity index (χ0n) is 18.9. The van der Waals surface area contributed by atoms with Crippen LogP contribution in [0.15, 0.2) is 48.5 Å². The summed E-state index contributed by atoms with van der Waals surface area (Å²) < 4.78 is 7.79. The third kappa shape index (κ3) is 4.14. The molecule has 1 fully saturated rings. The van der Waals surface area contributed by atoms with Crippen molar-refractivity contribution in [2.75, 3.05) is 26.2 Å². The molecule has 1 aromatic heterocycles. The number of ether oxygens (including phenoxy) is 1. The molecule has 2 amide bonds. The van der Waals surface area contributed by atoms with Gasteiger partial charge in [0.15, 0.2) is 5.69 Å². The topological polar surface area (TPSA) is 80.6 Å². The number of benzene rings is 2. The molecule has 8 nitrogen and oxygen atoms in total. The van der Waals surface area contributed by atoms with Crippen molar-refractivity contribution < 1.29 is 14.3 Å². The Labute approximate surface area is 192 Å². The van der Waals surface area contributed by atoms with Gasteiger partial charge in [0.1, 0.15) is 6.10 Å². The number of piperazine rings is 1. The van der Waals surface area contributed by atoms with Gasteiger partial charge in [0, 0.05) is 31.7 Å². The van der Waals surface area contributed by atoms with Gasteiger partial charge in [-0.1, -0.05) is 53.2 Å². The van der Waals surface area contributed by atoms with Gasteiger partial charge in [0.05, 0.1) is 18.8 Å². The lowest BCUT2D eigenvalue weighted by Crippen LogP contribution is -2.51. The predicted octanol–water partition coefficient (Wildman–Crippen LogP) is 2.76. The summed E-state index contributed by atoms with van der Waals surface area (Å²) in [6, 6.07) is 15.9. The summed E-state index contributed by atoms with van der Waals surface area (Å²) in [5.74, 6) is -0.137. The number of carbonyl (C=O) groups is 2. The molecule has 3 heterocycles. The second-order valence-corrected chi connectivity index (χ2v) is 8.68. The smallest absolute Gasteiger partial charge is 0.276 e. The van der Waals surface area contributed by atoms with Crippen LogP contribution in [0.25, 0.3) is 0 Å². The van der Waals surface area contributed by atoms with E-state index in [0.717, 1.165) is 22.3 Å². The number of aryl methyl sites for hydroxylation is 2. The lowest BCUT2D eigenvalue weighted by Gasteiger charge is -2.35. The zero-order valence-corrected chi connectivity index (χ0v) is 18.9. The number of aromatic nitrogens is 3. The summed E-state index contributed by atoms with van der Waals surface area (Å²) >= 11 is 0. The van der Waals surface area contributed by atoms with E-state index < -0.39 is 0 Å². The van der Waals surface area contributed by atoms with Crippen molar-refractivity contribution in [2.24, 2.45) is 0 Å². The summed E-state index contributed by atoms with van der Waals surface area (Å²) in [5.41, 5.74) is 4.89. The maximum atomic E-state index is 13.2. The third-order valence-corrected chi connectivity index (χ3v) is 6.45. The van der Waals surface area contributed by atoms with Crippen molar-refractivity contribution in [3.8, 4) is 0 Å². The highest BCUT2D eigenvalue weighted by Crippen LogP contribution is 2.27. The van der Waals surface area contributed by atoms with Crippen LogP contribution in [0.4, 0.5) is 0 Å². The highest BCUT2D eigenvalue weighted by Gasteiger charge is 2.32. The van der Waals surface area contributed by atoms with Crippen molar-refractivity contribution in [1.29, 1.82) is 0 Å². The molecule has 2 aromatic carbocycles. The van der Waals surface area contributed by atoms with Gasteiger partial charge in [-0.15, -0.1) is 5.10 Å². The molecule has 0 N–H and O–H groups in total. The van der Waals surface area contributed by atoms with Gasteiger partial charge in [-0.05, 0) is 31.0 Å². The van der Waals surface area contributed by atoms with Crippen LogP contribution in [0.1, 0.15) is 49.3 Å². The summed E-state index contributed by atoms with van der Waals surface area (Å²) in [6.07, 6.45) is -0.108. The van der Waals surface area contributed by atoms with E-state index in [0.29, 0.717) is 50.7 Å². The average Bonchev–Trinajstić information content (AvgIpc) is 3.28. The van der Waals surface area contributed by atoms with Crippen LogP contribution >= 0.6 is 0 Å². The number of amides is 2. The van der Waals surface area contributed by atoms with Crippen LogP contribution in [0, 0.1) is 13.8 Å². The largest absolute Gasteiger partial charge is 0.365 e. The van der Waals surface area contributed by atoms with Crippen molar-refractivity contribution in [3.63, 3.8) is 0 Å². The number of nitrogens with zero attached hydrogens (tertiary/aromatic N) is 5. The highest BCUT2D eigenvalue weighted by molar-refractivity contribution is 5.96. The Bertz CT molecular complexity index is 1180. The van der Waals surface area contributed by atoms with Gasteiger partial charge in [0.2, 0.25) is 0 Å². The Morgan fingerprint density at radius 1 is 0.939 bits per heavy atom. The van der Waals surface area contributed by atoms with E-state index in [9.17, 15) is 9.59 Å². The van der Waals surface area contributed by atoms with E-state index in [1.807, 2.05) is 67.3 Å². The highest BCUT2D eigenvalue weighted by atomic mass is 16.5. The number of hydrogen-bond acceptors (Lipinski definition) is 5. The quantitative estimate of drug-likeness (QED) is 0.619. The number of hydrogen-bond donors (Lipinski definition) is 0. The molecule has 0 unspecified atom stereocenters. The average molecular weight is 446 g/mol. The Morgan fingerprint density at radius 2 is 1.64 bits per heavy atom. The first kappa shape index (κ1) is 21.3. The molecule has 1 atom stereocenters. The van der Waals surface area contributed by atoms with E-state index >= 15 is 0 Å². The molecule has 33 heavy (non-hydrogen) atoms. The lowest BCUT2D eigenvalue weighted by atomic mass is 10.0. The summed E-state index contributed by atoms with van der Waals surface area (Å²) in [6.45, 7) is 6.67. The van der Waals surface area contributed by atoms with Crippen LogP contribution < -0.4 is 0 Å². The number of fused-ring (bicyclic) bond motifs is 1. The zero-order chi connectivity index (χ0) is 22.9. The van der Waals surface area contributed by atoms with Crippen molar-refractivity contribution in [3.05, 3.63) is 82.2 Å². The molecule has 8 heteroatoms. The number of carbonyl (C=O) groups excluding carboxylic acids is 2. The molecule has 0 bridgehead atoms. The van der Waals surface area contributed by atoms with Gasteiger partial charge >= 0.3 is 0 Å². The van der Waals surface area contributed by atoms with Crippen molar-refractivity contribution >= 4 is 11.8 Å². The second kappa shape index (κ2) is 8.78. The summed E-state index contributed by atoms with van der Waals surface area (Å²) in [5, 5.41) is 8.41. The van der Waals surface area contributed by atoms with Gasteiger partial charge in [-0.3, -0.25) is 9.59 Å². The fraction of sp³-hybridized carbons (Fsp3) is 0.360. The minimum Gasteiger partial charge on any atom is -0.365 e. The van der Waals surface area contributed by atoms with Crippen molar-refractivity contribution in [2.45, 2.75) is 33.1 Å². The first-order valence-electron chi connectivity index (χ1n) is 11.3. The van der Waals surface area contributed by atoms with Crippen LogP contribution in [-0.2, 0) is 17.9 Å². The van der Waals surface area contributed by atoms with Gasteiger partial charge in [-0.25, -0.2) is 4.68 Å². The van der Waals surface area contributed by atoms with Gasteiger partial charge < -0.3 is 14.5 Å². The fourth-order valence-electron chi connectivity index (χ4n) is 4.45. The van der Waals surface area contributed by atoms with Gasteiger partial charge in [-0.2, -0.15) is 0 Å². The van der Waals surface area contributed by atoms with Crippen LogP contribution in [0.2, 0.25) is 0 Å². The first-order chi connectivity index (χ1) is 16.0. The van der Waals surface area contributed by atoms with E-state index in [4.69, 9.17) is 4.74 Å². The molecular weight excluding hydrogens is 418 g/mol. The number of rotatable bonds is 3. The molecule has 0 radical (unpaired) electrons. The van der Waals surface area contributed by atoms with E-state index in [1.54, 1.807) is 9.58 Å². The normalized spacial score (nSPS) is 18.2. The van der Waals surface area contributed by atoms with Crippen LogP contribution in [-0.4, -0.2) is 62.8 Å². The van der Waals surface area contributed by atoms with E-state index in [2.05, 4.69) is 10.3 Å². The van der Waals surface area contributed by atoms with E-state index in [1.165, 1.54) is 0 Å². The van der Waals surface area contributed by atoms with Gasteiger partial charge in [0.25, 0.3) is 11.8 Å². The molecule has 3 aromatic rings. The molecule has 0 saturated carbocycles. The maximum Gasteiger partial charge on any atom is 0.276 e. The maximum absolute atomic E-state index is 13.2. The molecular formula is C25H27N5O3. The SMILES string of the molecule is Cc1ccc(C)c(C(=O)N2CCN(C(=O)c3nnn4c3CO[C@H](c3ccccc3)C4)CC2)c1. The Kier molecular flexibility index (Phi) is 5.68. The minimum atomic E-state index is -0.156. The predicted molar refractivity (Wildman–Crippen MR) is 122 cm³/mol. The Morgan fingerprint density at radius 3 is 2.36 bits per heavy atom. The molecule has 5 rings (SSSR count). The third-order valence-electron chi connectivity index (χ3n) is 6.45. The van der Waals surface area contributed by atoms with Crippen LogP contribution in [0.5, 0.6) is 0 Å². The molecule has 170 valence electrons. The van der Waals surface area contributed by atoms with Crippen molar-refractivity contribution in [1.82, 2.24) is 24.8 Å². The van der Waals surface area contributed by atoms with Crippen LogP contribution in [0.3, 0.4) is 0 Å². The summed E-state index contributed by atoms with van der Waals surface area (Å²) in [4.78, 5) is 29.7. The molecule has 2 aliphatic heterocycles. The Hall–Kier alpha value is -3.52. The molecule has 1 saturated heterocycles. The monoisotopic (exact) mass is 445 g/mol. The van der Waals surface area contributed by atoms with E-state index in [-0.39, 0.29) is 17.9 Å². The molecule has 2 aliphatic rings. The standard InChI is InChI=1S/C25H27N5O3/c1-17-8-9-18(2)20(14-17)24(31)28-10-12-29(13-11-28)25(32)23-21-16-33-22(15-30(21)27-26-23)19-6-4-3-5-7-19/h3-9,14,22H,10-13,15-16H2,1-2H3/t22-/m0/s1. The fourth-order valence-corrected chi connectivity index (χ4v) is 4.45. The second-order valence-electron chi connectivity index (χ2n) is 8.68. The Balaban J connectivity index is 1.24. The molecule has 0 aliphatic carbocycles. The molecule has 0 spiro atoms. The lowest BCUT2D eigenvalue weighted by molar-refractivity contribution is -0.00202. The minimum absolute atomic E-state index is 0.0182. The first-order valence-corrected chi connectivity index (χ1v) is 11.3. The summed E-state index contributed by atoms with van der Waals surface area (Å²) in [7, 11) is 0.